The quantitative estimate of drug-likeness (QED) is 0.182. The minimum Gasteiger partial charge on any atom is -0.460 e. The zero-order valence-electron chi connectivity index (χ0n) is 20.2. The van der Waals surface area contributed by atoms with Crippen LogP contribution in [0.3, 0.4) is 0 Å². The number of nitrogens with one attached hydrogen (secondary N) is 3. The third-order valence-electron chi connectivity index (χ3n) is 5.23. The Kier molecular flexibility index (Phi) is 9.52. The van der Waals surface area contributed by atoms with Crippen LogP contribution in [0, 0.1) is 5.92 Å². The summed E-state index contributed by atoms with van der Waals surface area (Å²) in [6.07, 6.45) is 2.20. The average molecular weight is 495 g/mol. The van der Waals surface area contributed by atoms with Crippen molar-refractivity contribution in [3.8, 4) is 5.69 Å². The van der Waals surface area contributed by atoms with Crippen LogP contribution in [0.25, 0.3) is 5.69 Å². The molecule has 0 fully saturated rings. The summed E-state index contributed by atoms with van der Waals surface area (Å²) in [5.41, 5.74) is 4.35. The van der Waals surface area contributed by atoms with Crippen LogP contribution in [-0.2, 0) is 33.9 Å². The molecule has 36 heavy (non-hydrogen) atoms. The highest BCUT2D eigenvalue weighted by Crippen LogP contribution is 2.15. The lowest BCUT2D eigenvalue weighted by Crippen LogP contribution is -2.49. The number of urea groups is 1. The monoisotopic (exact) mass is 494 g/mol. The maximum atomic E-state index is 12.3. The van der Waals surface area contributed by atoms with Crippen LogP contribution in [0.4, 0.5) is 4.79 Å². The van der Waals surface area contributed by atoms with Gasteiger partial charge in [0, 0.05) is 5.56 Å². The number of carbonyl (C=O) groups is 3. The lowest BCUT2D eigenvalue weighted by Gasteiger charge is -2.18. The summed E-state index contributed by atoms with van der Waals surface area (Å²) in [7, 11) is 0. The summed E-state index contributed by atoms with van der Waals surface area (Å²) in [6, 6.07) is 15.2. The number of esters is 1. The van der Waals surface area contributed by atoms with Crippen molar-refractivity contribution in [2.75, 3.05) is 0 Å². The third kappa shape index (κ3) is 7.91. The molecule has 1 aromatic heterocycles. The van der Waals surface area contributed by atoms with Crippen molar-refractivity contribution >= 4 is 17.9 Å². The molecule has 3 aromatic rings. The minimum atomic E-state index is -0.873. The number of hydrogen-bond acceptors (Lipinski definition) is 7. The normalized spacial score (nSPS) is 11.6. The number of rotatable bonds is 11. The number of benzene rings is 2. The van der Waals surface area contributed by atoms with E-state index in [1.807, 2.05) is 68.4 Å². The molecule has 2 aromatic carbocycles. The van der Waals surface area contributed by atoms with E-state index >= 15 is 0 Å². The van der Waals surface area contributed by atoms with Crippen molar-refractivity contribution in [1.82, 2.24) is 31.1 Å². The molecule has 0 saturated carbocycles. The van der Waals surface area contributed by atoms with Crippen LogP contribution in [-0.4, -0.2) is 44.2 Å². The van der Waals surface area contributed by atoms with Crippen LogP contribution < -0.4 is 16.1 Å². The Labute approximate surface area is 208 Å². The maximum Gasteiger partial charge on any atom is 0.315 e. The molecule has 0 bridgehead atoms. The standard InChI is InChI=1S/C25H30N6O5/c1-17(2)12-21(24(33)29-35)27-25(34)26-14-20-15-31(30-28-20)22-11-7-6-10-19(22)16-36-23(32)13-18-8-4-3-5-9-18/h3-11,15,17,21,35H,12-14,16H2,1-2H3,(H,29,33)(H2,26,27,34)/t21-/m0/s1. The number of carbonyl (C=O) groups excluding carboxylic acids is 3. The van der Waals surface area contributed by atoms with Crippen LogP contribution in [0.2, 0.25) is 0 Å². The van der Waals surface area contributed by atoms with Crippen molar-refractivity contribution in [3.63, 3.8) is 0 Å². The largest absolute Gasteiger partial charge is 0.460 e. The number of aromatic nitrogens is 3. The van der Waals surface area contributed by atoms with Gasteiger partial charge in [0.1, 0.15) is 18.3 Å². The minimum absolute atomic E-state index is 0.0647. The summed E-state index contributed by atoms with van der Waals surface area (Å²) in [5, 5.41) is 22.2. The predicted octanol–water partition coefficient (Wildman–Crippen LogP) is 2.27. The van der Waals surface area contributed by atoms with E-state index in [0.717, 1.165) is 11.1 Å². The molecule has 3 rings (SSSR count). The molecular weight excluding hydrogens is 464 g/mol. The lowest BCUT2D eigenvalue weighted by atomic mass is 10.0. The molecule has 0 aliphatic rings. The Hall–Kier alpha value is -4.25. The first-order chi connectivity index (χ1) is 17.4. The van der Waals surface area contributed by atoms with Gasteiger partial charge in [-0.2, -0.15) is 0 Å². The van der Waals surface area contributed by atoms with Gasteiger partial charge < -0.3 is 15.4 Å². The molecule has 0 unspecified atom stereocenters. The summed E-state index contributed by atoms with van der Waals surface area (Å²) in [4.78, 5) is 36.3. The van der Waals surface area contributed by atoms with Crippen molar-refractivity contribution < 1.29 is 24.3 Å². The highest BCUT2D eigenvalue weighted by molar-refractivity contribution is 5.86. The fourth-order valence-electron chi connectivity index (χ4n) is 3.49. The Bertz CT molecular complexity index is 1160. The average Bonchev–Trinajstić information content (AvgIpc) is 3.35. The smallest absolute Gasteiger partial charge is 0.315 e. The van der Waals surface area contributed by atoms with E-state index in [1.165, 1.54) is 4.68 Å². The topological polar surface area (TPSA) is 147 Å². The van der Waals surface area contributed by atoms with E-state index in [-0.39, 0.29) is 31.5 Å². The van der Waals surface area contributed by atoms with Crippen molar-refractivity contribution in [2.45, 2.75) is 45.9 Å². The van der Waals surface area contributed by atoms with Crippen molar-refractivity contribution in [1.29, 1.82) is 0 Å². The fraction of sp³-hybridized carbons (Fsp3) is 0.320. The molecule has 11 heteroatoms. The molecular formula is C25H30N6O5. The molecule has 0 radical (unpaired) electrons. The summed E-state index contributed by atoms with van der Waals surface area (Å²) in [5.74, 6) is -0.896. The molecule has 1 heterocycles. The van der Waals surface area contributed by atoms with Gasteiger partial charge in [0.15, 0.2) is 0 Å². The second-order valence-electron chi connectivity index (χ2n) is 8.59. The molecule has 11 nitrogen and oxygen atoms in total. The highest BCUT2D eigenvalue weighted by atomic mass is 16.5. The van der Waals surface area contributed by atoms with Gasteiger partial charge in [-0.1, -0.05) is 67.6 Å². The van der Waals surface area contributed by atoms with Gasteiger partial charge in [-0.15, -0.1) is 5.10 Å². The van der Waals surface area contributed by atoms with E-state index in [9.17, 15) is 14.4 Å². The van der Waals surface area contributed by atoms with E-state index in [2.05, 4.69) is 20.9 Å². The van der Waals surface area contributed by atoms with Gasteiger partial charge in [0.25, 0.3) is 5.91 Å². The van der Waals surface area contributed by atoms with Gasteiger partial charge in [-0.05, 0) is 24.0 Å². The van der Waals surface area contributed by atoms with E-state index in [1.54, 1.807) is 11.7 Å². The van der Waals surface area contributed by atoms with Crippen LogP contribution in [0.1, 0.15) is 37.1 Å². The van der Waals surface area contributed by atoms with Gasteiger partial charge in [0.2, 0.25) is 0 Å². The van der Waals surface area contributed by atoms with Crippen LogP contribution in [0.15, 0.2) is 60.8 Å². The number of ether oxygens (including phenoxy) is 1. The lowest BCUT2D eigenvalue weighted by molar-refractivity contribution is -0.144. The zero-order valence-corrected chi connectivity index (χ0v) is 20.2. The highest BCUT2D eigenvalue weighted by Gasteiger charge is 2.21. The van der Waals surface area contributed by atoms with Crippen LogP contribution in [0.5, 0.6) is 0 Å². The SMILES string of the molecule is CC(C)C[C@H](NC(=O)NCc1cn(-c2ccccc2COC(=O)Cc2ccccc2)nn1)C(=O)NO. The number of amides is 3. The fourth-order valence-corrected chi connectivity index (χ4v) is 3.49. The number of hydroxylamine groups is 1. The first-order valence-corrected chi connectivity index (χ1v) is 11.5. The third-order valence-corrected chi connectivity index (χ3v) is 5.23. The summed E-state index contributed by atoms with van der Waals surface area (Å²) in [6.45, 7) is 3.94. The summed E-state index contributed by atoms with van der Waals surface area (Å²) >= 11 is 0. The molecule has 190 valence electrons. The maximum absolute atomic E-state index is 12.3. The molecule has 4 N–H and O–H groups in total. The Morgan fingerprint density at radius 1 is 1.06 bits per heavy atom. The Balaban J connectivity index is 1.57. The van der Waals surface area contributed by atoms with Crippen molar-refractivity contribution in [3.05, 3.63) is 77.6 Å². The van der Waals surface area contributed by atoms with Gasteiger partial charge in [0.05, 0.1) is 24.8 Å². The molecule has 0 aliphatic heterocycles. The first kappa shape index (κ1) is 26.4. The van der Waals surface area contributed by atoms with E-state index in [4.69, 9.17) is 9.94 Å². The predicted molar refractivity (Wildman–Crippen MR) is 130 cm³/mol. The van der Waals surface area contributed by atoms with Crippen molar-refractivity contribution in [2.24, 2.45) is 5.92 Å². The second kappa shape index (κ2) is 13.0. The van der Waals surface area contributed by atoms with Gasteiger partial charge in [-0.3, -0.25) is 14.8 Å². The number of para-hydroxylation sites is 1. The second-order valence-corrected chi connectivity index (χ2v) is 8.59. The number of hydrogen-bond donors (Lipinski definition) is 4. The van der Waals surface area contributed by atoms with E-state index in [0.29, 0.717) is 17.8 Å². The number of nitrogens with zero attached hydrogens (tertiary/aromatic N) is 3. The molecule has 0 saturated heterocycles. The van der Waals surface area contributed by atoms with E-state index < -0.39 is 18.0 Å². The molecule has 1 atom stereocenters. The summed E-state index contributed by atoms with van der Waals surface area (Å²) < 4.78 is 6.99. The Morgan fingerprint density at radius 2 is 1.78 bits per heavy atom. The van der Waals surface area contributed by atoms with Gasteiger partial charge in [-0.25, -0.2) is 15.0 Å². The molecule has 3 amide bonds. The zero-order chi connectivity index (χ0) is 25.9. The van der Waals surface area contributed by atoms with Gasteiger partial charge >= 0.3 is 12.0 Å². The molecule has 0 spiro atoms. The first-order valence-electron chi connectivity index (χ1n) is 11.5. The molecule has 0 aliphatic carbocycles. The van der Waals surface area contributed by atoms with Crippen LogP contribution >= 0.6 is 0 Å². The Morgan fingerprint density at radius 3 is 2.50 bits per heavy atom.